The first-order valence-electron chi connectivity index (χ1n) is 5.46. The summed E-state index contributed by atoms with van der Waals surface area (Å²) in [5, 5.41) is 3.40. The van der Waals surface area contributed by atoms with Crippen LogP contribution in [-0.2, 0) is 0 Å². The van der Waals surface area contributed by atoms with Crippen LogP contribution in [0.25, 0.3) is 10.8 Å². The summed E-state index contributed by atoms with van der Waals surface area (Å²) < 4.78 is 5.22. The van der Waals surface area contributed by atoms with Crippen LogP contribution >= 0.6 is 23.4 Å². The highest BCUT2D eigenvalue weighted by Crippen LogP contribution is 2.28. The van der Waals surface area contributed by atoms with Crippen LogP contribution in [0, 0.1) is 0 Å². The molecule has 1 heterocycles. The summed E-state index contributed by atoms with van der Waals surface area (Å²) in [6.45, 7) is 0. The van der Waals surface area contributed by atoms with Crippen molar-refractivity contribution >= 4 is 34.1 Å². The first kappa shape index (κ1) is 12.5. The lowest BCUT2D eigenvalue weighted by Crippen LogP contribution is -1.88. The molecule has 0 saturated carbocycles. The minimum atomic E-state index is 0.700. The highest BCUT2D eigenvalue weighted by molar-refractivity contribution is 7.99. The first-order valence-corrected chi connectivity index (χ1v) is 6.98. The maximum Gasteiger partial charge on any atom is 0.119 e. The van der Waals surface area contributed by atoms with Crippen LogP contribution < -0.4 is 4.74 Å². The number of methoxy groups -OCH3 is 1. The van der Waals surface area contributed by atoms with E-state index in [1.165, 1.54) is 5.39 Å². The molecule has 0 aliphatic rings. The van der Waals surface area contributed by atoms with Gasteiger partial charge in [-0.2, -0.15) is 0 Å². The van der Waals surface area contributed by atoms with E-state index in [0.717, 1.165) is 28.3 Å². The van der Waals surface area contributed by atoms with Crippen molar-refractivity contribution in [1.29, 1.82) is 0 Å². The van der Waals surface area contributed by atoms with Crippen LogP contribution in [0.5, 0.6) is 5.75 Å². The molecule has 0 saturated heterocycles. The van der Waals surface area contributed by atoms with Crippen molar-refractivity contribution in [3.8, 4) is 5.75 Å². The Balaban J connectivity index is 2.30. The second-order valence-corrected chi connectivity index (χ2v) is 5.06. The molecule has 0 atom stereocenters. The number of alkyl halides is 1. The van der Waals surface area contributed by atoms with Gasteiger partial charge in [-0.25, -0.2) is 4.98 Å². The maximum absolute atomic E-state index is 5.68. The number of hydrogen-bond donors (Lipinski definition) is 0. The van der Waals surface area contributed by atoms with Gasteiger partial charge >= 0.3 is 0 Å². The van der Waals surface area contributed by atoms with Gasteiger partial charge in [-0.3, -0.25) is 0 Å². The van der Waals surface area contributed by atoms with Gasteiger partial charge in [0.2, 0.25) is 0 Å². The SMILES string of the molecule is COc1ccc2c(SCCCCl)nccc2c1. The molecule has 0 amide bonds. The zero-order valence-electron chi connectivity index (χ0n) is 9.65. The number of nitrogens with zero attached hydrogens (tertiary/aromatic N) is 1. The molecule has 2 aromatic rings. The van der Waals surface area contributed by atoms with E-state index < -0.39 is 0 Å². The van der Waals surface area contributed by atoms with Crippen molar-refractivity contribution in [2.75, 3.05) is 18.7 Å². The summed E-state index contributed by atoms with van der Waals surface area (Å²) in [4.78, 5) is 4.41. The molecule has 17 heavy (non-hydrogen) atoms. The average Bonchev–Trinajstić information content (AvgIpc) is 2.38. The Kier molecular flexibility index (Phi) is 4.51. The van der Waals surface area contributed by atoms with Gasteiger partial charge in [0, 0.05) is 23.2 Å². The molecule has 0 unspecified atom stereocenters. The van der Waals surface area contributed by atoms with E-state index in [2.05, 4.69) is 11.1 Å². The van der Waals surface area contributed by atoms with E-state index >= 15 is 0 Å². The highest BCUT2D eigenvalue weighted by atomic mass is 35.5. The van der Waals surface area contributed by atoms with Crippen LogP contribution in [0.4, 0.5) is 0 Å². The molecule has 0 radical (unpaired) electrons. The average molecular weight is 268 g/mol. The van der Waals surface area contributed by atoms with E-state index in [1.54, 1.807) is 18.9 Å². The lowest BCUT2D eigenvalue weighted by Gasteiger charge is -2.06. The Labute approximate surface area is 110 Å². The van der Waals surface area contributed by atoms with E-state index in [1.807, 2.05) is 24.4 Å². The summed E-state index contributed by atoms with van der Waals surface area (Å²) in [7, 11) is 1.68. The fraction of sp³-hybridized carbons (Fsp3) is 0.308. The van der Waals surface area contributed by atoms with Gasteiger partial charge in [0.1, 0.15) is 10.8 Å². The topological polar surface area (TPSA) is 22.1 Å². The zero-order chi connectivity index (χ0) is 12.1. The molecule has 0 aliphatic carbocycles. The smallest absolute Gasteiger partial charge is 0.119 e. The van der Waals surface area contributed by atoms with E-state index in [4.69, 9.17) is 16.3 Å². The van der Waals surface area contributed by atoms with Gasteiger partial charge < -0.3 is 4.74 Å². The fourth-order valence-corrected chi connectivity index (χ4v) is 2.84. The third kappa shape index (κ3) is 3.05. The van der Waals surface area contributed by atoms with Gasteiger partial charge in [0.05, 0.1) is 7.11 Å². The van der Waals surface area contributed by atoms with Gasteiger partial charge in [-0.05, 0) is 36.1 Å². The van der Waals surface area contributed by atoms with E-state index in [-0.39, 0.29) is 0 Å². The first-order chi connectivity index (χ1) is 8.35. The van der Waals surface area contributed by atoms with Crippen LogP contribution in [0.3, 0.4) is 0 Å². The maximum atomic E-state index is 5.68. The third-order valence-electron chi connectivity index (χ3n) is 2.45. The standard InChI is InChI=1S/C13H14ClNOS/c1-16-11-3-4-12-10(9-11)5-7-15-13(12)17-8-2-6-14/h3-5,7,9H,2,6,8H2,1H3. The van der Waals surface area contributed by atoms with E-state index in [0.29, 0.717) is 5.88 Å². The summed E-state index contributed by atoms with van der Waals surface area (Å²) in [5.41, 5.74) is 0. The quantitative estimate of drug-likeness (QED) is 0.465. The van der Waals surface area contributed by atoms with Crippen LogP contribution in [0.1, 0.15) is 6.42 Å². The lowest BCUT2D eigenvalue weighted by molar-refractivity contribution is 0.415. The molecular weight excluding hydrogens is 254 g/mol. The third-order valence-corrected chi connectivity index (χ3v) is 3.81. The lowest BCUT2D eigenvalue weighted by atomic mass is 10.2. The molecule has 90 valence electrons. The number of fused-ring (bicyclic) bond motifs is 1. The second kappa shape index (κ2) is 6.12. The molecule has 0 spiro atoms. The molecule has 0 fully saturated rings. The van der Waals surface area contributed by atoms with Gasteiger partial charge in [0.25, 0.3) is 0 Å². The molecule has 0 N–H and O–H groups in total. The zero-order valence-corrected chi connectivity index (χ0v) is 11.2. The second-order valence-electron chi connectivity index (χ2n) is 3.59. The Hall–Kier alpha value is -0.930. The fourth-order valence-electron chi connectivity index (χ4n) is 1.59. The number of benzene rings is 1. The van der Waals surface area contributed by atoms with Gasteiger partial charge in [-0.1, -0.05) is 0 Å². The number of hydrogen-bond acceptors (Lipinski definition) is 3. The molecular formula is C13H14ClNOS. The summed E-state index contributed by atoms with van der Waals surface area (Å²) in [5.74, 6) is 2.58. The van der Waals surface area contributed by atoms with Crippen molar-refractivity contribution in [1.82, 2.24) is 4.98 Å². The predicted octanol–water partition coefficient (Wildman–Crippen LogP) is 3.96. The summed E-state index contributed by atoms with van der Waals surface area (Å²) >= 11 is 7.43. The number of rotatable bonds is 5. The highest BCUT2D eigenvalue weighted by Gasteiger charge is 2.04. The number of aromatic nitrogens is 1. The summed E-state index contributed by atoms with van der Waals surface area (Å²) in [6.07, 6.45) is 2.84. The monoisotopic (exact) mass is 267 g/mol. The Morgan fingerprint density at radius 3 is 3.00 bits per heavy atom. The minimum Gasteiger partial charge on any atom is -0.497 e. The van der Waals surface area contributed by atoms with Crippen molar-refractivity contribution in [3.05, 3.63) is 30.5 Å². The normalized spacial score (nSPS) is 10.7. The predicted molar refractivity (Wildman–Crippen MR) is 74.4 cm³/mol. The van der Waals surface area contributed by atoms with Crippen molar-refractivity contribution < 1.29 is 4.74 Å². The molecule has 0 bridgehead atoms. The Bertz CT molecular complexity index is 504. The largest absolute Gasteiger partial charge is 0.497 e. The van der Waals surface area contributed by atoms with Crippen LogP contribution in [0.15, 0.2) is 35.5 Å². The van der Waals surface area contributed by atoms with Crippen molar-refractivity contribution in [2.24, 2.45) is 0 Å². The Morgan fingerprint density at radius 1 is 1.35 bits per heavy atom. The molecule has 2 nitrogen and oxygen atoms in total. The molecule has 1 aromatic carbocycles. The summed E-state index contributed by atoms with van der Waals surface area (Å²) in [6, 6.07) is 8.06. The molecule has 2 rings (SSSR count). The van der Waals surface area contributed by atoms with Crippen molar-refractivity contribution in [2.45, 2.75) is 11.4 Å². The number of halogens is 1. The number of pyridine rings is 1. The van der Waals surface area contributed by atoms with Crippen LogP contribution in [-0.4, -0.2) is 23.7 Å². The van der Waals surface area contributed by atoms with Crippen molar-refractivity contribution in [3.63, 3.8) is 0 Å². The van der Waals surface area contributed by atoms with E-state index in [9.17, 15) is 0 Å². The number of ether oxygens (including phenoxy) is 1. The van der Waals surface area contributed by atoms with Gasteiger partial charge in [-0.15, -0.1) is 23.4 Å². The number of thioether (sulfide) groups is 1. The Morgan fingerprint density at radius 2 is 2.24 bits per heavy atom. The minimum absolute atomic E-state index is 0.700. The molecule has 1 aromatic heterocycles. The van der Waals surface area contributed by atoms with Gasteiger partial charge in [0.15, 0.2) is 0 Å². The van der Waals surface area contributed by atoms with Crippen LogP contribution in [0.2, 0.25) is 0 Å². The molecule has 4 heteroatoms. The molecule has 0 aliphatic heterocycles.